The minimum Gasteiger partial charge on any atom is -0.390 e. The average molecular weight is 1360 g/mol. The number of allylic oxidation sites excluding steroid dienone is 2. The first-order valence-corrected chi connectivity index (χ1v) is 35.1. The van der Waals surface area contributed by atoms with Gasteiger partial charge < -0.3 is 65.7 Å². The Balaban J connectivity index is 4.51. The van der Waals surface area contributed by atoms with Crippen LogP contribution in [0.2, 0.25) is 0 Å². The normalized spacial score (nSPS) is 26.5. The minimum atomic E-state index is -1.66. The topological polar surface area (TPSA) is 316 Å². The Hall–Kier alpha value is -5.99. The Morgan fingerprint density at radius 1 is 0.568 bits per heavy atom. The summed E-state index contributed by atoms with van der Waals surface area (Å²) in [7, 11) is 9.97. The van der Waals surface area contributed by atoms with Crippen LogP contribution < -0.4 is 21.3 Å². The van der Waals surface area contributed by atoms with Gasteiger partial charge in [-0.05, 0) is 128 Å². The second-order valence-electron chi connectivity index (χ2n) is 29.0. The lowest BCUT2D eigenvalue weighted by Gasteiger charge is -2.41. The van der Waals surface area contributed by atoms with Crippen molar-refractivity contribution < 1.29 is 67.7 Å². The number of carbonyl (C=O) groups is 12. The molecule has 0 aromatic rings. The molecular formula is C69H123N11O14S. The standard InChI is InChI=1S/C69H123N11O14S/c1-26-28-30-44(13)58(83)57-62(87)72-48(27-2)64(89)78(23)53(38-95-32-29-31-45(14)81)54(82)37-74(19)52(36-69(17,18)94)61(86)73-55(42(9)10)67(92)75(20)49(33-39(3)4)60(85)70-46(15)59(84)71-47(16)63(88)76(21)50(34-40(5)6)65(90)77(22)51(35-41(7)8)66(91)79(24)56(43(11)12)68(93)80(57)25/h26,28,39-44,46-53,55-58,83,94H,27,29-38H2,1-25H3,(H,70,85)(H,71,84)(H,72,87)(H,73,86)/b28-26+/t44-,46+,47-,48+,49+,50+,51+,52+,53-,55+,56+,57+,58-/m1/s1. The van der Waals surface area contributed by atoms with Crippen LogP contribution in [0, 0.1) is 35.5 Å². The predicted molar refractivity (Wildman–Crippen MR) is 371 cm³/mol. The van der Waals surface area contributed by atoms with E-state index in [2.05, 4.69) is 21.3 Å². The van der Waals surface area contributed by atoms with Crippen molar-refractivity contribution in [3.8, 4) is 0 Å². The summed E-state index contributed by atoms with van der Waals surface area (Å²) in [6.07, 6.45) is 3.18. The van der Waals surface area contributed by atoms with E-state index in [-0.39, 0.29) is 74.2 Å². The van der Waals surface area contributed by atoms with Crippen LogP contribution in [0.25, 0.3) is 0 Å². The van der Waals surface area contributed by atoms with E-state index in [0.717, 1.165) is 4.90 Å². The summed E-state index contributed by atoms with van der Waals surface area (Å²) in [5, 5.41) is 34.6. The minimum absolute atomic E-state index is 0.0185. The summed E-state index contributed by atoms with van der Waals surface area (Å²) in [4.78, 5) is 184. The summed E-state index contributed by atoms with van der Waals surface area (Å²) < 4.78 is 0. The number of hydrogen-bond donors (Lipinski definition) is 6. The molecule has 10 amide bonds. The highest BCUT2D eigenvalue weighted by Crippen LogP contribution is 2.27. The van der Waals surface area contributed by atoms with Crippen molar-refractivity contribution in [2.75, 3.05) is 67.4 Å². The zero-order chi connectivity index (χ0) is 73.6. The van der Waals surface area contributed by atoms with Crippen molar-refractivity contribution in [3.63, 3.8) is 0 Å². The first-order valence-electron chi connectivity index (χ1n) is 33.9. The lowest BCUT2D eigenvalue weighted by Crippen LogP contribution is -2.64. The molecule has 13 atom stereocenters. The molecule has 0 bridgehead atoms. The van der Waals surface area contributed by atoms with Crippen molar-refractivity contribution in [3.05, 3.63) is 12.2 Å². The molecule has 0 radical (unpaired) electrons. The number of hydrogen-bond acceptors (Lipinski definition) is 16. The van der Waals surface area contributed by atoms with Crippen LogP contribution in [0.1, 0.15) is 176 Å². The highest BCUT2D eigenvalue weighted by Gasteiger charge is 2.46. The second kappa shape index (κ2) is 40.0. The third-order valence-electron chi connectivity index (χ3n) is 17.7. The van der Waals surface area contributed by atoms with Crippen molar-refractivity contribution >= 4 is 82.4 Å². The predicted octanol–water partition coefficient (Wildman–Crippen LogP) is 3.90. The fraction of sp³-hybridized carbons (Fsp3) is 0.797. The molecule has 0 aliphatic carbocycles. The SMILES string of the molecule is C/C=C/C[C@@H](C)[C@@H](O)[C@H]1C(=O)N[C@@H](CC)C(=O)N(C)[C@H](CSCCCC(C)=O)C(=O)CN(C)[C@@H](CC(C)(C)O)C(=O)N[C@@H](C(C)C)C(=O)N(C)[C@@H](CC(C)C)C(=O)N[C@@H](C)C(=O)N[C@H](C)C(=O)N(C)[C@@H](CC(C)C)C(=O)N(C)[C@@H](CC(C)C)C(=O)N(C)[C@@H](C(C)C)C(=O)N1C. The Kier molecular flexibility index (Phi) is 36.7. The van der Waals surface area contributed by atoms with Crippen LogP contribution in [0.15, 0.2) is 12.2 Å². The number of aliphatic hydroxyl groups excluding tert-OH is 1. The number of thioether (sulfide) groups is 1. The van der Waals surface area contributed by atoms with Crippen molar-refractivity contribution in [1.82, 2.24) is 55.6 Å². The third kappa shape index (κ3) is 26.4. The Labute approximate surface area is 572 Å². The van der Waals surface area contributed by atoms with Gasteiger partial charge in [0.05, 0.1) is 24.3 Å². The Bertz CT molecular complexity index is 2630. The van der Waals surface area contributed by atoms with E-state index in [1.165, 1.54) is 125 Å². The van der Waals surface area contributed by atoms with E-state index in [9.17, 15) is 43.8 Å². The number of rotatable bonds is 21. The average Bonchev–Trinajstić information content (AvgIpc) is 0.809. The maximum atomic E-state index is 15.3. The van der Waals surface area contributed by atoms with Gasteiger partial charge in [-0.1, -0.05) is 95.2 Å². The lowest BCUT2D eigenvalue weighted by atomic mass is 9.91. The number of nitrogens with one attached hydrogen (secondary N) is 4. The van der Waals surface area contributed by atoms with Gasteiger partial charge in [-0.25, -0.2) is 0 Å². The molecule has 1 saturated heterocycles. The number of nitrogens with zero attached hydrogens (tertiary/aromatic N) is 7. The smallest absolute Gasteiger partial charge is 0.246 e. The first kappa shape index (κ1) is 87.0. The van der Waals surface area contributed by atoms with Crippen LogP contribution >= 0.6 is 11.8 Å². The summed E-state index contributed by atoms with van der Waals surface area (Å²) >= 11 is 1.32. The van der Waals surface area contributed by atoms with Crippen LogP contribution in [0.4, 0.5) is 0 Å². The number of ketones is 2. The van der Waals surface area contributed by atoms with Gasteiger partial charge in [0.25, 0.3) is 0 Å². The largest absolute Gasteiger partial charge is 0.390 e. The molecule has 6 N–H and O–H groups in total. The summed E-state index contributed by atoms with van der Waals surface area (Å²) in [6, 6.07) is -14.1. The van der Waals surface area contributed by atoms with Crippen molar-refractivity contribution in [2.45, 2.75) is 254 Å². The molecule has 95 heavy (non-hydrogen) atoms. The fourth-order valence-electron chi connectivity index (χ4n) is 11.8. The number of amides is 10. The molecular weight excluding hydrogens is 1240 g/mol. The van der Waals surface area contributed by atoms with E-state index < -0.39 is 167 Å². The van der Waals surface area contributed by atoms with Gasteiger partial charge in [-0.2, -0.15) is 11.8 Å². The Morgan fingerprint density at radius 2 is 1.03 bits per heavy atom. The summed E-state index contributed by atoms with van der Waals surface area (Å²) in [5.41, 5.74) is -1.52. The molecule has 0 saturated carbocycles. The lowest BCUT2D eigenvalue weighted by molar-refractivity contribution is -0.157. The van der Waals surface area contributed by atoms with Crippen LogP contribution in [-0.4, -0.2) is 261 Å². The quantitative estimate of drug-likeness (QED) is 0.0701. The van der Waals surface area contributed by atoms with Gasteiger partial charge in [0, 0.05) is 60.9 Å². The van der Waals surface area contributed by atoms with E-state index in [1.54, 1.807) is 60.6 Å². The van der Waals surface area contributed by atoms with Crippen LogP contribution in [-0.2, 0) is 57.5 Å². The van der Waals surface area contributed by atoms with Gasteiger partial charge >= 0.3 is 0 Å². The molecule has 0 aromatic carbocycles. The van der Waals surface area contributed by atoms with E-state index in [0.29, 0.717) is 12.2 Å². The number of Topliss-reactive ketones (excluding diaryl/α,β-unsaturated/α-hetero) is 2. The molecule has 0 aromatic heterocycles. The summed E-state index contributed by atoms with van der Waals surface area (Å²) in [6.45, 7) is 29.9. The molecule has 1 aliphatic heterocycles. The van der Waals surface area contributed by atoms with E-state index in [4.69, 9.17) is 0 Å². The van der Waals surface area contributed by atoms with E-state index >= 15 is 24.0 Å². The third-order valence-corrected chi connectivity index (χ3v) is 18.8. The zero-order valence-corrected chi connectivity index (χ0v) is 63.0. The molecule has 0 unspecified atom stereocenters. The molecule has 1 fully saturated rings. The van der Waals surface area contributed by atoms with Gasteiger partial charge in [0.15, 0.2) is 5.78 Å². The van der Waals surface area contributed by atoms with Gasteiger partial charge in [0.2, 0.25) is 59.1 Å². The molecule has 1 rings (SSSR count). The molecule has 26 heteroatoms. The second-order valence-corrected chi connectivity index (χ2v) is 30.2. The van der Waals surface area contributed by atoms with Gasteiger partial charge in [-0.15, -0.1) is 0 Å². The molecule has 1 heterocycles. The van der Waals surface area contributed by atoms with Crippen LogP contribution in [0.3, 0.4) is 0 Å². The van der Waals surface area contributed by atoms with Crippen LogP contribution in [0.5, 0.6) is 0 Å². The highest BCUT2D eigenvalue weighted by atomic mass is 32.2. The van der Waals surface area contributed by atoms with Gasteiger partial charge in [0.1, 0.15) is 66.2 Å². The molecule has 0 spiro atoms. The highest BCUT2D eigenvalue weighted by molar-refractivity contribution is 7.99. The summed E-state index contributed by atoms with van der Waals surface area (Å²) in [5.74, 6) is -9.59. The first-order chi connectivity index (χ1) is 43.8. The number of likely N-dealkylation sites (N-methyl/N-ethyl adjacent to an activating group) is 7. The number of aliphatic hydroxyl groups is 2. The molecule has 544 valence electrons. The Morgan fingerprint density at radius 3 is 1.51 bits per heavy atom. The van der Waals surface area contributed by atoms with Crippen molar-refractivity contribution in [1.29, 1.82) is 0 Å². The number of carbonyl (C=O) groups excluding carboxylic acids is 12. The van der Waals surface area contributed by atoms with Crippen molar-refractivity contribution in [2.24, 2.45) is 35.5 Å². The van der Waals surface area contributed by atoms with Gasteiger partial charge in [-0.3, -0.25) is 57.6 Å². The molecule has 1 aliphatic rings. The maximum absolute atomic E-state index is 15.3. The molecule has 25 nitrogen and oxygen atoms in total. The van der Waals surface area contributed by atoms with E-state index in [1.807, 2.05) is 41.5 Å². The monoisotopic (exact) mass is 1360 g/mol. The maximum Gasteiger partial charge on any atom is 0.246 e. The fourth-order valence-corrected chi connectivity index (χ4v) is 12.9. The zero-order valence-electron chi connectivity index (χ0n) is 62.2.